The number of alkyl halides is 3. The maximum absolute atomic E-state index is 13.1. The van der Waals surface area contributed by atoms with Gasteiger partial charge in [0.2, 0.25) is 0 Å². The van der Waals surface area contributed by atoms with Gasteiger partial charge >= 0.3 is 6.18 Å². The highest BCUT2D eigenvalue weighted by atomic mass is 19.4. The van der Waals surface area contributed by atoms with Crippen molar-refractivity contribution in [3.63, 3.8) is 0 Å². The molecule has 0 aliphatic rings. The summed E-state index contributed by atoms with van der Waals surface area (Å²) in [6.07, 6.45) is -0.880. The number of halogens is 3. The Morgan fingerprint density at radius 2 is 1.04 bits per heavy atom. The van der Waals surface area contributed by atoms with E-state index in [0.29, 0.717) is 5.56 Å². The molecule has 5 heteroatoms. The van der Waals surface area contributed by atoms with Crippen molar-refractivity contribution in [2.75, 3.05) is 0 Å². The monoisotopic (exact) mass is 378 g/mol. The van der Waals surface area contributed by atoms with Crippen molar-refractivity contribution in [1.82, 2.24) is 9.78 Å². The predicted molar refractivity (Wildman–Crippen MR) is 102 cm³/mol. The fourth-order valence-corrected chi connectivity index (χ4v) is 3.62. The molecule has 28 heavy (non-hydrogen) atoms. The Hall–Kier alpha value is -3.34. The second-order valence-corrected chi connectivity index (χ2v) is 6.47. The summed E-state index contributed by atoms with van der Waals surface area (Å²) in [6, 6.07) is 26.5. The summed E-state index contributed by atoms with van der Waals surface area (Å²) in [5.41, 5.74) is 0.943. The van der Waals surface area contributed by atoms with Gasteiger partial charge in [-0.05, 0) is 34.9 Å². The summed E-state index contributed by atoms with van der Waals surface area (Å²) >= 11 is 0. The van der Waals surface area contributed by atoms with Crippen LogP contribution < -0.4 is 0 Å². The van der Waals surface area contributed by atoms with E-state index in [4.69, 9.17) is 0 Å². The highest BCUT2D eigenvalue weighted by Gasteiger charge is 2.39. The second-order valence-electron chi connectivity index (χ2n) is 6.47. The van der Waals surface area contributed by atoms with Crippen molar-refractivity contribution in [2.24, 2.45) is 0 Å². The summed E-state index contributed by atoms with van der Waals surface area (Å²) in [5, 5.41) is 4.48. The topological polar surface area (TPSA) is 17.8 Å². The van der Waals surface area contributed by atoms with Crippen molar-refractivity contribution in [3.05, 3.63) is 126 Å². The van der Waals surface area contributed by atoms with Gasteiger partial charge in [-0.15, -0.1) is 0 Å². The first kappa shape index (κ1) is 18.0. The van der Waals surface area contributed by atoms with E-state index in [0.717, 1.165) is 23.3 Å². The number of hydrogen-bond donors (Lipinski definition) is 0. The Bertz CT molecular complexity index is 983. The van der Waals surface area contributed by atoms with Gasteiger partial charge in [0.1, 0.15) is 5.54 Å². The smallest absolute Gasteiger partial charge is 0.253 e. The Balaban J connectivity index is 2.04. The molecule has 2 nitrogen and oxygen atoms in total. The number of rotatable bonds is 4. The van der Waals surface area contributed by atoms with Crippen LogP contribution in [0.1, 0.15) is 22.3 Å². The van der Waals surface area contributed by atoms with Crippen LogP contribution in [0.25, 0.3) is 0 Å². The molecule has 0 atom stereocenters. The van der Waals surface area contributed by atoms with Crippen LogP contribution in [0.15, 0.2) is 103 Å². The minimum absolute atomic E-state index is 0.674. The van der Waals surface area contributed by atoms with E-state index in [-0.39, 0.29) is 0 Å². The molecule has 0 bridgehead atoms. The zero-order valence-electron chi connectivity index (χ0n) is 14.8. The van der Waals surface area contributed by atoms with Crippen molar-refractivity contribution in [2.45, 2.75) is 11.7 Å². The maximum Gasteiger partial charge on any atom is 0.416 e. The third-order valence-electron chi connectivity index (χ3n) is 4.86. The van der Waals surface area contributed by atoms with E-state index in [1.54, 1.807) is 10.9 Å². The average molecular weight is 378 g/mol. The van der Waals surface area contributed by atoms with Gasteiger partial charge in [-0.25, -0.2) is 0 Å². The van der Waals surface area contributed by atoms with Gasteiger partial charge in [-0.3, -0.25) is 4.68 Å². The maximum atomic E-state index is 13.1. The molecular formula is C23H17F3N2. The fourth-order valence-electron chi connectivity index (χ4n) is 3.62. The predicted octanol–water partition coefficient (Wildman–Crippen LogP) is 5.74. The Morgan fingerprint density at radius 3 is 1.46 bits per heavy atom. The summed E-state index contributed by atoms with van der Waals surface area (Å²) in [5.74, 6) is 0. The van der Waals surface area contributed by atoms with Gasteiger partial charge in [0.05, 0.1) is 5.56 Å². The first-order valence-electron chi connectivity index (χ1n) is 8.82. The van der Waals surface area contributed by atoms with E-state index in [9.17, 15) is 13.2 Å². The highest BCUT2D eigenvalue weighted by molar-refractivity contribution is 5.50. The normalized spacial score (nSPS) is 12.1. The standard InChI is InChI=1S/C23H17F3N2/c24-23(25,26)21-14-12-20(13-15-21)22(28-17-7-16-27-28,18-8-3-1-4-9-18)19-10-5-2-6-11-19/h1-17H. The molecule has 0 radical (unpaired) electrons. The van der Waals surface area contributed by atoms with Gasteiger partial charge in [-0.2, -0.15) is 18.3 Å². The van der Waals surface area contributed by atoms with Crippen LogP contribution in [0.4, 0.5) is 13.2 Å². The molecule has 0 saturated carbocycles. The van der Waals surface area contributed by atoms with Crippen molar-refractivity contribution < 1.29 is 13.2 Å². The molecule has 4 aromatic rings. The van der Waals surface area contributed by atoms with E-state index in [1.807, 2.05) is 72.9 Å². The summed E-state index contributed by atoms with van der Waals surface area (Å²) in [7, 11) is 0. The molecule has 140 valence electrons. The first-order chi connectivity index (χ1) is 13.5. The average Bonchev–Trinajstić information content (AvgIpc) is 3.25. The van der Waals surface area contributed by atoms with Crippen LogP contribution in [0.5, 0.6) is 0 Å². The molecule has 4 rings (SSSR count). The van der Waals surface area contributed by atoms with Crippen LogP contribution in [0, 0.1) is 0 Å². The number of aromatic nitrogens is 2. The SMILES string of the molecule is FC(F)(F)c1ccc(C(c2ccccc2)(c2ccccc2)n2cccn2)cc1. The largest absolute Gasteiger partial charge is 0.416 e. The second kappa shape index (κ2) is 7.00. The van der Waals surface area contributed by atoms with Gasteiger partial charge in [-0.1, -0.05) is 72.8 Å². The van der Waals surface area contributed by atoms with E-state index < -0.39 is 17.3 Å². The number of hydrogen-bond acceptors (Lipinski definition) is 1. The highest BCUT2D eigenvalue weighted by Crippen LogP contribution is 2.41. The molecule has 0 aliphatic carbocycles. The first-order valence-corrected chi connectivity index (χ1v) is 8.82. The van der Waals surface area contributed by atoms with Gasteiger partial charge in [0, 0.05) is 12.4 Å². The van der Waals surface area contributed by atoms with Crippen molar-refractivity contribution in [1.29, 1.82) is 0 Å². The minimum Gasteiger partial charge on any atom is -0.253 e. The van der Waals surface area contributed by atoms with Gasteiger partial charge < -0.3 is 0 Å². The lowest BCUT2D eigenvalue weighted by atomic mass is 9.77. The Kier molecular flexibility index (Phi) is 4.51. The lowest BCUT2D eigenvalue weighted by Crippen LogP contribution is -2.38. The van der Waals surface area contributed by atoms with Crippen LogP contribution >= 0.6 is 0 Å². The summed E-state index contributed by atoms with van der Waals surface area (Å²) in [6.45, 7) is 0. The molecule has 0 amide bonds. The summed E-state index contributed by atoms with van der Waals surface area (Å²) < 4.78 is 41.1. The van der Waals surface area contributed by atoms with E-state index in [2.05, 4.69) is 5.10 Å². The molecule has 0 fully saturated rings. The summed E-state index contributed by atoms with van der Waals surface area (Å²) in [4.78, 5) is 0. The molecule has 0 unspecified atom stereocenters. The van der Waals surface area contributed by atoms with Gasteiger partial charge in [0.25, 0.3) is 0 Å². The minimum atomic E-state index is -4.38. The Morgan fingerprint density at radius 1 is 0.571 bits per heavy atom. The molecule has 1 heterocycles. The lowest BCUT2D eigenvalue weighted by molar-refractivity contribution is -0.137. The van der Waals surface area contributed by atoms with Crippen LogP contribution in [-0.4, -0.2) is 9.78 Å². The van der Waals surface area contributed by atoms with Crippen molar-refractivity contribution >= 4 is 0 Å². The Labute approximate surface area is 160 Å². The molecule has 0 N–H and O–H groups in total. The molecule has 3 aromatic carbocycles. The van der Waals surface area contributed by atoms with E-state index >= 15 is 0 Å². The number of benzene rings is 3. The zero-order valence-corrected chi connectivity index (χ0v) is 14.8. The third kappa shape index (κ3) is 2.99. The van der Waals surface area contributed by atoms with Gasteiger partial charge in [0.15, 0.2) is 0 Å². The molecular weight excluding hydrogens is 361 g/mol. The molecule has 0 aliphatic heterocycles. The lowest BCUT2D eigenvalue weighted by Gasteiger charge is -2.36. The van der Waals surface area contributed by atoms with Crippen molar-refractivity contribution in [3.8, 4) is 0 Å². The number of nitrogens with zero attached hydrogens (tertiary/aromatic N) is 2. The van der Waals surface area contributed by atoms with E-state index in [1.165, 1.54) is 12.1 Å². The van der Waals surface area contributed by atoms with Crippen LogP contribution in [-0.2, 0) is 11.7 Å². The quantitative estimate of drug-likeness (QED) is 0.414. The fraction of sp³-hybridized carbons (Fsp3) is 0.0870. The van der Waals surface area contributed by atoms with Crippen LogP contribution in [0.3, 0.4) is 0 Å². The third-order valence-corrected chi connectivity index (χ3v) is 4.86. The zero-order chi connectivity index (χ0) is 19.6. The molecule has 1 aromatic heterocycles. The molecule has 0 saturated heterocycles. The van der Waals surface area contributed by atoms with Crippen LogP contribution in [0.2, 0.25) is 0 Å². The molecule has 0 spiro atoms.